The lowest BCUT2D eigenvalue weighted by Crippen LogP contribution is -2.26. The molecule has 1 heteroatoms. The highest BCUT2D eigenvalue weighted by Gasteiger charge is 2.23. The van der Waals surface area contributed by atoms with E-state index in [2.05, 4.69) is 20.8 Å². The molecule has 0 fully saturated rings. The molecule has 11 heavy (non-hydrogen) atoms. The zero-order valence-corrected chi connectivity index (χ0v) is 7.67. The number of rotatable bonds is 1. The minimum Gasteiger partial charge on any atom is -0.389 e. The molecule has 1 N–H and O–H groups in total. The predicted molar refractivity (Wildman–Crippen MR) is 47.3 cm³/mol. The maximum Gasteiger partial charge on any atom is 0.0754 e. The fourth-order valence-electron chi connectivity index (χ4n) is 1.79. The lowest BCUT2D eigenvalue weighted by atomic mass is 9.81. The number of aliphatic hydroxyl groups excluding tert-OH is 1. The van der Waals surface area contributed by atoms with Gasteiger partial charge in [-0.1, -0.05) is 25.5 Å². The van der Waals surface area contributed by atoms with E-state index in [9.17, 15) is 5.11 Å². The quantitative estimate of drug-likeness (QED) is 0.575. The monoisotopic (exact) mass is 154 g/mol. The van der Waals surface area contributed by atoms with Crippen LogP contribution in [0.5, 0.6) is 0 Å². The van der Waals surface area contributed by atoms with Gasteiger partial charge in [-0.25, -0.2) is 0 Å². The molecule has 1 rings (SSSR count). The van der Waals surface area contributed by atoms with Crippen molar-refractivity contribution in [1.82, 2.24) is 0 Å². The number of hydrogen-bond acceptors (Lipinski definition) is 1. The molecular weight excluding hydrogens is 136 g/mol. The van der Waals surface area contributed by atoms with Crippen molar-refractivity contribution in [3.05, 3.63) is 11.6 Å². The Balaban J connectivity index is 2.60. The standard InChI is InChI=1S/C10H18O/c1-7(2)9-5-4-8(3)6-10(9)11/h6-7,9-11H,4-5H2,1-3H3/t9?,10-/m1/s1. The molecule has 2 atom stereocenters. The van der Waals surface area contributed by atoms with Crippen LogP contribution in [-0.4, -0.2) is 11.2 Å². The molecule has 0 saturated heterocycles. The molecule has 1 aliphatic carbocycles. The number of hydrogen-bond donors (Lipinski definition) is 1. The van der Waals surface area contributed by atoms with Crippen LogP contribution in [0.3, 0.4) is 0 Å². The summed E-state index contributed by atoms with van der Waals surface area (Å²) in [6.07, 6.45) is 4.14. The molecule has 0 heterocycles. The van der Waals surface area contributed by atoms with Crippen LogP contribution >= 0.6 is 0 Å². The average Bonchev–Trinajstić information content (AvgIpc) is 1.85. The number of aliphatic hydroxyl groups is 1. The van der Waals surface area contributed by atoms with Crippen molar-refractivity contribution in [2.24, 2.45) is 11.8 Å². The van der Waals surface area contributed by atoms with Gasteiger partial charge < -0.3 is 5.11 Å². The van der Waals surface area contributed by atoms with Crippen LogP contribution in [0, 0.1) is 11.8 Å². The summed E-state index contributed by atoms with van der Waals surface area (Å²) in [5.74, 6) is 1.09. The van der Waals surface area contributed by atoms with Crippen molar-refractivity contribution in [3.8, 4) is 0 Å². The SMILES string of the molecule is CC1=C[C@@H](O)C(C(C)C)CC1. The fourth-order valence-corrected chi connectivity index (χ4v) is 1.79. The average molecular weight is 154 g/mol. The lowest BCUT2D eigenvalue weighted by Gasteiger charge is -2.28. The Morgan fingerprint density at radius 2 is 2.18 bits per heavy atom. The van der Waals surface area contributed by atoms with E-state index in [1.807, 2.05) is 6.08 Å². The predicted octanol–water partition coefficient (Wildman–Crippen LogP) is 2.36. The molecule has 1 unspecified atom stereocenters. The minimum atomic E-state index is -0.191. The van der Waals surface area contributed by atoms with Crippen LogP contribution in [-0.2, 0) is 0 Å². The molecule has 0 aliphatic heterocycles. The van der Waals surface area contributed by atoms with Crippen molar-refractivity contribution in [2.45, 2.75) is 39.7 Å². The molecule has 0 bridgehead atoms. The summed E-state index contributed by atoms with van der Waals surface area (Å²) < 4.78 is 0. The summed E-state index contributed by atoms with van der Waals surface area (Å²) in [4.78, 5) is 0. The Labute approximate surface area is 69.1 Å². The van der Waals surface area contributed by atoms with Crippen molar-refractivity contribution in [2.75, 3.05) is 0 Å². The van der Waals surface area contributed by atoms with Crippen molar-refractivity contribution >= 4 is 0 Å². The molecule has 0 aromatic heterocycles. The summed E-state index contributed by atoms with van der Waals surface area (Å²) in [5, 5.41) is 9.63. The molecule has 0 spiro atoms. The van der Waals surface area contributed by atoms with E-state index in [0.717, 1.165) is 6.42 Å². The lowest BCUT2D eigenvalue weighted by molar-refractivity contribution is 0.108. The summed E-state index contributed by atoms with van der Waals surface area (Å²) in [6, 6.07) is 0. The molecule has 64 valence electrons. The third kappa shape index (κ3) is 2.06. The zero-order chi connectivity index (χ0) is 8.43. The van der Waals surface area contributed by atoms with Gasteiger partial charge in [0.15, 0.2) is 0 Å². The summed E-state index contributed by atoms with van der Waals surface area (Å²) in [7, 11) is 0. The van der Waals surface area contributed by atoms with Gasteiger partial charge in [-0.05, 0) is 31.6 Å². The molecule has 0 amide bonds. The maximum atomic E-state index is 9.63. The Morgan fingerprint density at radius 1 is 1.55 bits per heavy atom. The smallest absolute Gasteiger partial charge is 0.0754 e. The van der Waals surface area contributed by atoms with Gasteiger partial charge in [0.2, 0.25) is 0 Å². The molecule has 1 nitrogen and oxygen atoms in total. The second kappa shape index (κ2) is 3.40. The minimum absolute atomic E-state index is 0.191. The van der Waals surface area contributed by atoms with E-state index in [4.69, 9.17) is 0 Å². The second-order valence-corrected chi connectivity index (χ2v) is 3.95. The van der Waals surface area contributed by atoms with E-state index < -0.39 is 0 Å². The van der Waals surface area contributed by atoms with E-state index >= 15 is 0 Å². The number of allylic oxidation sites excluding steroid dienone is 1. The summed E-state index contributed by atoms with van der Waals surface area (Å²) in [6.45, 7) is 6.46. The highest BCUT2D eigenvalue weighted by Crippen LogP contribution is 2.28. The maximum absolute atomic E-state index is 9.63. The van der Waals surface area contributed by atoms with Crippen LogP contribution in [0.2, 0.25) is 0 Å². The molecule has 1 aliphatic rings. The highest BCUT2D eigenvalue weighted by molar-refractivity contribution is 5.08. The summed E-state index contributed by atoms with van der Waals surface area (Å²) in [5.41, 5.74) is 1.34. The third-order valence-corrected chi connectivity index (χ3v) is 2.62. The zero-order valence-electron chi connectivity index (χ0n) is 7.67. The van der Waals surface area contributed by atoms with Crippen LogP contribution in [0.1, 0.15) is 33.6 Å². The summed E-state index contributed by atoms with van der Waals surface area (Å²) >= 11 is 0. The van der Waals surface area contributed by atoms with Crippen molar-refractivity contribution < 1.29 is 5.11 Å². The van der Waals surface area contributed by atoms with E-state index in [0.29, 0.717) is 11.8 Å². The van der Waals surface area contributed by atoms with Gasteiger partial charge in [0, 0.05) is 0 Å². The fraction of sp³-hybridized carbons (Fsp3) is 0.800. The highest BCUT2D eigenvalue weighted by atomic mass is 16.3. The normalized spacial score (nSPS) is 32.3. The van der Waals surface area contributed by atoms with Gasteiger partial charge in [-0.15, -0.1) is 0 Å². The van der Waals surface area contributed by atoms with E-state index in [1.165, 1.54) is 12.0 Å². The molecule has 0 aromatic carbocycles. The van der Waals surface area contributed by atoms with Gasteiger partial charge in [0.25, 0.3) is 0 Å². The van der Waals surface area contributed by atoms with Crippen LogP contribution in [0.15, 0.2) is 11.6 Å². The van der Waals surface area contributed by atoms with Crippen molar-refractivity contribution in [3.63, 3.8) is 0 Å². The van der Waals surface area contributed by atoms with Gasteiger partial charge in [0.05, 0.1) is 6.10 Å². The third-order valence-electron chi connectivity index (χ3n) is 2.62. The topological polar surface area (TPSA) is 20.2 Å². The van der Waals surface area contributed by atoms with Gasteiger partial charge in [-0.2, -0.15) is 0 Å². The van der Waals surface area contributed by atoms with Crippen LogP contribution in [0.4, 0.5) is 0 Å². The Bertz CT molecular complexity index is 158. The molecular formula is C10H18O. The van der Waals surface area contributed by atoms with Gasteiger partial charge in [-0.3, -0.25) is 0 Å². The Hall–Kier alpha value is -0.300. The first-order valence-corrected chi connectivity index (χ1v) is 4.46. The first kappa shape index (κ1) is 8.79. The van der Waals surface area contributed by atoms with E-state index in [1.54, 1.807) is 0 Å². The molecule has 0 aromatic rings. The van der Waals surface area contributed by atoms with Crippen LogP contribution < -0.4 is 0 Å². The Kier molecular flexibility index (Phi) is 2.72. The largest absolute Gasteiger partial charge is 0.389 e. The molecule has 0 radical (unpaired) electrons. The van der Waals surface area contributed by atoms with Crippen molar-refractivity contribution in [1.29, 1.82) is 0 Å². The van der Waals surface area contributed by atoms with Crippen LogP contribution in [0.25, 0.3) is 0 Å². The first-order chi connectivity index (χ1) is 5.11. The van der Waals surface area contributed by atoms with E-state index in [-0.39, 0.29) is 6.10 Å². The van der Waals surface area contributed by atoms with Gasteiger partial charge >= 0.3 is 0 Å². The molecule has 0 saturated carbocycles. The Morgan fingerprint density at radius 3 is 2.64 bits per heavy atom. The first-order valence-electron chi connectivity index (χ1n) is 4.46. The second-order valence-electron chi connectivity index (χ2n) is 3.95. The van der Waals surface area contributed by atoms with Gasteiger partial charge in [0.1, 0.15) is 0 Å².